The van der Waals surface area contributed by atoms with Gasteiger partial charge in [-0.15, -0.1) is 12.4 Å². The van der Waals surface area contributed by atoms with Crippen LogP contribution in [0.25, 0.3) is 0 Å². The third-order valence-electron chi connectivity index (χ3n) is 2.48. The van der Waals surface area contributed by atoms with Crippen molar-refractivity contribution < 1.29 is 9.53 Å². The zero-order valence-corrected chi connectivity index (χ0v) is 10.9. The van der Waals surface area contributed by atoms with Crippen LogP contribution in [0.4, 0.5) is 5.69 Å². The molecule has 1 aromatic rings. The Morgan fingerprint density at radius 3 is 2.71 bits per heavy atom. The van der Waals surface area contributed by atoms with Gasteiger partial charge in [0.2, 0.25) is 0 Å². The number of ether oxygens (including phenoxy) is 1. The molecule has 17 heavy (non-hydrogen) atoms. The van der Waals surface area contributed by atoms with Gasteiger partial charge in [0, 0.05) is 12.1 Å². The van der Waals surface area contributed by atoms with Gasteiger partial charge in [0.05, 0.1) is 23.4 Å². The normalized spacial score (nSPS) is 13.8. The van der Waals surface area contributed by atoms with Crippen LogP contribution in [-0.2, 0) is 0 Å². The summed E-state index contributed by atoms with van der Waals surface area (Å²) in [6, 6.07) is 3.39. The summed E-state index contributed by atoms with van der Waals surface area (Å²) in [5, 5.41) is 3.24. The molecule has 1 saturated carbocycles. The molecule has 4 nitrogen and oxygen atoms in total. The van der Waals surface area contributed by atoms with Gasteiger partial charge in [0.1, 0.15) is 5.75 Å². The fraction of sp³-hybridized carbons (Fsp3) is 0.364. The van der Waals surface area contributed by atoms with Crippen molar-refractivity contribution in [1.29, 1.82) is 0 Å². The van der Waals surface area contributed by atoms with Crippen LogP contribution in [0.3, 0.4) is 0 Å². The van der Waals surface area contributed by atoms with Crippen molar-refractivity contribution in [2.75, 3.05) is 12.8 Å². The fourth-order valence-electron chi connectivity index (χ4n) is 1.41. The van der Waals surface area contributed by atoms with Crippen molar-refractivity contribution in [2.45, 2.75) is 18.9 Å². The summed E-state index contributed by atoms with van der Waals surface area (Å²) in [5.41, 5.74) is 6.46. The van der Waals surface area contributed by atoms with Gasteiger partial charge in [0.25, 0.3) is 5.91 Å². The minimum absolute atomic E-state index is 0. The SMILES string of the molecule is COc1cc(N)c(Cl)cc1C(=O)NC1CC1.Cl. The molecular formula is C11H14Cl2N2O2. The van der Waals surface area contributed by atoms with Gasteiger partial charge in [0.15, 0.2) is 0 Å². The van der Waals surface area contributed by atoms with Crippen LogP contribution in [0.15, 0.2) is 12.1 Å². The van der Waals surface area contributed by atoms with Gasteiger partial charge in [-0.25, -0.2) is 0 Å². The average Bonchev–Trinajstić information content (AvgIpc) is 3.05. The second-order valence-electron chi connectivity index (χ2n) is 3.82. The summed E-state index contributed by atoms with van der Waals surface area (Å²) in [6.07, 6.45) is 2.08. The van der Waals surface area contributed by atoms with Crippen molar-refractivity contribution in [3.05, 3.63) is 22.7 Å². The maximum atomic E-state index is 11.8. The minimum atomic E-state index is -0.166. The number of rotatable bonds is 3. The molecule has 0 spiro atoms. The third-order valence-corrected chi connectivity index (χ3v) is 2.80. The van der Waals surface area contributed by atoms with E-state index in [0.717, 1.165) is 12.8 Å². The largest absolute Gasteiger partial charge is 0.496 e. The Hall–Kier alpha value is -1.13. The Morgan fingerprint density at radius 1 is 1.53 bits per heavy atom. The Morgan fingerprint density at radius 2 is 2.18 bits per heavy atom. The van der Waals surface area contributed by atoms with Crippen molar-refractivity contribution in [1.82, 2.24) is 5.32 Å². The average molecular weight is 277 g/mol. The second-order valence-corrected chi connectivity index (χ2v) is 4.23. The first-order valence-corrected chi connectivity index (χ1v) is 5.43. The molecular weight excluding hydrogens is 263 g/mol. The van der Waals surface area contributed by atoms with E-state index in [2.05, 4.69) is 5.32 Å². The van der Waals surface area contributed by atoms with E-state index in [1.807, 2.05) is 0 Å². The number of nitrogens with two attached hydrogens (primary N) is 1. The molecule has 94 valence electrons. The predicted molar refractivity (Wildman–Crippen MR) is 70.2 cm³/mol. The van der Waals surface area contributed by atoms with Gasteiger partial charge in [-0.2, -0.15) is 0 Å². The first-order chi connectivity index (χ1) is 7.61. The molecule has 2 rings (SSSR count). The van der Waals surface area contributed by atoms with Gasteiger partial charge in [-0.1, -0.05) is 11.6 Å². The van der Waals surface area contributed by atoms with E-state index in [1.54, 1.807) is 6.07 Å². The number of carbonyl (C=O) groups excluding carboxylic acids is 1. The highest BCUT2D eigenvalue weighted by Gasteiger charge is 2.25. The quantitative estimate of drug-likeness (QED) is 0.833. The lowest BCUT2D eigenvalue weighted by Crippen LogP contribution is -2.25. The molecule has 0 atom stereocenters. The first kappa shape index (κ1) is 13.9. The highest BCUT2D eigenvalue weighted by atomic mass is 35.5. The molecule has 0 unspecified atom stereocenters. The lowest BCUT2D eigenvalue weighted by atomic mass is 10.1. The fourth-order valence-corrected chi connectivity index (χ4v) is 1.57. The monoisotopic (exact) mass is 276 g/mol. The van der Waals surface area contributed by atoms with E-state index in [9.17, 15) is 4.79 Å². The summed E-state index contributed by atoms with van der Waals surface area (Å²) in [4.78, 5) is 11.8. The number of benzene rings is 1. The molecule has 3 N–H and O–H groups in total. The Labute approximate surface area is 111 Å². The predicted octanol–water partition coefficient (Wildman–Crippen LogP) is 2.24. The van der Waals surface area contributed by atoms with Gasteiger partial charge >= 0.3 is 0 Å². The molecule has 1 aromatic carbocycles. The van der Waals surface area contributed by atoms with Crippen LogP contribution in [0.5, 0.6) is 5.75 Å². The van der Waals surface area contributed by atoms with E-state index in [1.165, 1.54) is 13.2 Å². The molecule has 6 heteroatoms. The molecule has 0 aromatic heterocycles. The second kappa shape index (κ2) is 5.47. The number of amides is 1. The molecule has 1 fully saturated rings. The molecule has 0 heterocycles. The van der Waals surface area contributed by atoms with E-state index in [0.29, 0.717) is 28.1 Å². The number of carbonyl (C=O) groups is 1. The van der Waals surface area contributed by atoms with E-state index in [-0.39, 0.29) is 18.3 Å². The molecule has 0 bridgehead atoms. The molecule has 1 aliphatic carbocycles. The maximum absolute atomic E-state index is 11.8. The summed E-state index contributed by atoms with van der Waals surface area (Å²) >= 11 is 5.88. The highest BCUT2D eigenvalue weighted by molar-refractivity contribution is 6.33. The lowest BCUT2D eigenvalue weighted by Gasteiger charge is -2.10. The van der Waals surface area contributed by atoms with Crippen LogP contribution < -0.4 is 15.8 Å². The number of nitrogens with one attached hydrogen (secondary N) is 1. The maximum Gasteiger partial charge on any atom is 0.255 e. The first-order valence-electron chi connectivity index (χ1n) is 5.05. The molecule has 0 saturated heterocycles. The molecule has 0 radical (unpaired) electrons. The van der Waals surface area contributed by atoms with Crippen LogP contribution in [-0.4, -0.2) is 19.1 Å². The zero-order valence-electron chi connectivity index (χ0n) is 9.33. The van der Waals surface area contributed by atoms with Crippen LogP contribution in [0.1, 0.15) is 23.2 Å². The van der Waals surface area contributed by atoms with Crippen molar-refractivity contribution >= 4 is 35.6 Å². The van der Waals surface area contributed by atoms with Crippen LogP contribution in [0, 0.1) is 0 Å². The van der Waals surface area contributed by atoms with E-state index >= 15 is 0 Å². The minimum Gasteiger partial charge on any atom is -0.496 e. The summed E-state index contributed by atoms with van der Waals surface area (Å²) < 4.78 is 5.10. The molecule has 0 aliphatic heterocycles. The van der Waals surface area contributed by atoms with E-state index < -0.39 is 0 Å². The number of hydrogen-bond donors (Lipinski definition) is 2. The summed E-state index contributed by atoms with van der Waals surface area (Å²) in [6.45, 7) is 0. The van der Waals surface area contributed by atoms with E-state index in [4.69, 9.17) is 22.1 Å². The highest BCUT2D eigenvalue weighted by Crippen LogP contribution is 2.29. The topological polar surface area (TPSA) is 64.3 Å². The van der Waals surface area contributed by atoms with Crippen molar-refractivity contribution in [3.8, 4) is 5.75 Å². The standard InChI is InChI=1S/C11H13ClN2O2.ClH/c1-16-10-5-9(13)8(12)4-7(10)11(15)14-6-2-3-6;/h4-6H,2-3,13H2,1H3,(H,14,15);1H. The molecule has 1 aliphatic rings. The number of nitrogen functional groups attached to an aromatic ring is 1. The number of methoxy groups -OCH3 is 1. The van der Waals surface area contributed by atoms with Gasteiger partial charge in [-0.3, -0.25) is 4.79 Å². The van der Waals surface area contributed by atoms with Crippen molar-refractivity contribution in [3.63, 3.8) is 0 Å². The number of hydrogen-bond acceptors (Lipinski definition) is 3. The van der Waals surface area contributed by atoms with Crippen LogP contribution >= 0.6 is 24.0 Å². The lowest BCUT2D eigenvalue weighted by molar-refractivity contribution is 0.0948. The van der Waals surface area contributed by atoms with Gasteiger partial charge in [-0.05, 0) is 18.9 Å². The zero-order chi connectivity index (χ0) is 11.7. The Kier molecular flexibility index (Phi) is 4.48. The number of halogens is 2. The molecule has 1 amide bonds. The van der Waals surface area contributed by atoms with Crippen molar-refractivity contribution in [2.24, 2.45) is 0 Å². The smallest absolute Gasteiger partial charge is 0.255 e. The summed E-state index contributed by atoms with van der Waals surface area (Å²) in [5.74, 6) is 0.279. The number of anilines is 1. The summed E-state index contributed by atoms with van der Waals surface area (Å²) in [7, 11) is 1.50. The Balaban J connectivity index is 0.00000144. The third kappa shape index (κ3) is 3.17. The van der Waals surface area contributed by atoms with Crippen LogP contribution in [0.2, 0.25) is 5.02 Å². The Bertz CT molecular complexity index is 434. The van der Waals surface area contributed by atoms with Gasteiger partial charge < -0.3 is 15.8 Å².